The molecule has 0 saturated carbocycles. The molecule has 2 amide bonds. The molecule has 3 N–H and O–H groups in total. The maximum absolute atomic E-state index is 12.7. The lowest BCUT2D eigenvalue weighted by Crippen LogP contribution is -3.14. The van der Waals surface area contributed by atoms with Gasteiger partial charge in [-0.2, -0.15) is 0 Å². The Bertz CT molecular complexity index is 704. The van der Waals surface area contributed by atoms with Gasteiger partial charge in [0, 0.05) is 6.54 Å². The van der Waals surface area contributed by atoms with Crippen LogP contribution in [0.15, 0.2) is 60.7 Å². The highest BCUT2D eigenvalue weighted by Gasteiger charge is 2.20. The molecule has 2 rings (SSSR count). The molecule has 2 aromatic carbocycles. The Morgan fingerprint density at radius 1 is 0.889 bits per heavy atom. The Morgan fingerprint density at radius 2 is 1.48 bits per heavy atom. The van der Waals surface area contributed by atoms with Gasteiger partial charge in [0.05, 0.1) is 12.6 Å². The van der Waals surface area contributed by atoms with E-state index in [1.54, 1.807) is 0 Å². The summed E-state index contributed by atoms with van der Waals surface area (Å²) in [7, 11) is 0. The van der Waals surface area contributed by atoms with E-state index in [4.69, 9.17) is 0 Å². The zero-order chi connectivity index (χ0) is 19.5. The highest BCUT2D eigenvalue weighted by atomic mass is 16.2. The molecule has 27 heavy (non-hydrogen) atoms. The number of hydrogen-bond acceptors (Lipinski definition) is 2. The Morgan fingerprint density at radius 3 is 2.07 bits per heavy atom. The quantitative estimate of drug-likeness (QED) is 0.589. The van der Waals surface area contributed by atoms with Crippen LogP contribution in [0, 0.1) is 0 Å². The molecule has 0 aromatic heterocycles. The predicted molar refractivity (Wildman–Crippen MR) is 107 cm³/mol. The zero-order valence-electron chi connectivity index (χ0n) is 16.2. The molecule has 144 valence electrons. The molecule has 0 aliphatic carbocycles. The summed E-state index contributed by atoms with van der Waals surface area (Å²) in [5.41, 5.74) is 2.25. The van der Waals surface area contributed by atoms with E-state index < -0.39 is 0 Å². The van der Waals surface area contributed by atoms with Crippen molar-refractivity contribution < 1.29 is 14.5 Å². The van der Waals surface area contributed by atoms with Crippen LogP contribution >= 0.6 is 0 Å². The maximum atomic E-state index is 12.7. The Labute approximate surface area is 161 Å². The van der Waals surface area contributed by atoms with Crippen LogP contribution in [0.4, 0.5) is 0 Å². The molecule has 0 aliphatic heterocycles. The molecule has 0 bridgehead atoms. The van der Waals surface area contributed by atoms with Gasteiger partial charge in [0.15, 0.2) is 13.1 Å². The molecule has 0 fully saturated rings. The maximum Gasteiger partial charge on any atom is 0.275 e. The first kappa shape index (κ1) is 20.6. The molecule has 5 nitrogen and oxygen atoms in total. The number of quaternary nitrogens is 1. The highest BCUT2D eigenvalue weighted by Crippen LogP contribution is 2.18. The molecule has 0 radical (unpaired) electrons. The normalized spacial score (nSPS) is 12.8. The molecule has 2 atom stereocenters. The second-order valence-electron chi connectivity index (χ2n) is 6.63. The summed E-state index contributed by atoms with van der Waals surface area (Å²) in [4.78, 5) is 25.4. The fourth-order valence-electron chi connectivity index (χ4n) is 3.06. The monoisotopic (exact) mass is 368 g/mol. The van der Waals surface area contributed by atoms with Crippen molar-refractivity contribution in [2.24, 2.45) is 0 Å². The average Bonchev–Trinajstić information content (AvgIpc) is 2.68. The largest absolute Gasteiger partial charge is 0.351 e. The van der Waals surface area contributed by atoms with Crippen molar-refractivity contribution >= 4 is 11.8 Å². The molecule has 0 aliphatic rings. The lowest BCUT2D eigenvalue weighted by molar-refractivity contribution is -0.881. The summed E-state index contributed by atoms with van der Waals surface area (Å²) >= 11 is 0. The molecule has 2 aromatic rings. The number of carbonyl (C=O) groups is 2. The van der Waals surface area contributed by atoms with Gasteiger partial charge in [-0.1, -0.05) is 60.7 Å². The third-order valence-electron chi connectivity index (χ3n) is 4.51. The summed E-state index contributed by atoms with van der Waals surface area (Å²) in [6.07, 6.45) is 0.731. The first-order valence-corrected chi connectivity index (χ1v) is 9.60. The van der Waals surface area contributed by atoms with E-state index in [1.807, 2.05) is 62.4 Å². The second-order valence-corrected chi connectivity index (χ2v) is 6.63. The molecule has 1 unspecified atom stereocenters. The van der Waals surface area contributed by atoms with E-state index in [-0.39, 0.29) is 24.4 Å². The Hall–Kier alpha value is -2.66. The van der Waals surface area contributed by atoms with Crippen LogP contribution < -0.4 is 15.5 Å². The van der Waals surface area contributed by atoms with Gasteiger partial charge in [0.1, 0.15) is 0 Å². The minimum Gasteiger partial charge on any atom is -0.351 e. The van der Waals surface area contributed by atoms with Crippen molar-refractivity contribution in [3.63, 3.8) is 0 Å². The standard InChI is InChI=1S/C22H29N3O2/c1-3-23-21(26)16-25(4-2)17-22(27)24-20(19-13-9-6-10-14-19)15-18-11-7-5-8-12-18/h5-14,20H,3-4,15-17H2,1-2H3,(H,23,26)(H,24,27)/p+1/t20-/m1/s1. The highest BCUT2D eigenvalue weighted by molar-refractivity contribution is 5.79. The lowest BCUT2D eigenvalue weighted by atomic mass is 9.99. The molecular weight excluding hydrogens is 338 g/mol. The molecular formula is C22H30N3O2+. The van der Waals surface area contributed by atoms with Gasteiger partial charge in [0.2, 0.25) is 0 Å². The lowest BCUT2D eigenvalue weighted by Gasteiger charge is -2.22. The van der Waals surface area contributed by atoms with Crippen molar-refractivity contribution in [2.45, 2.75) is 26.3 Å². The summed E-state index contributed by atoms with van der Waals surface area (Å²) in [6.45, 7) is 5.80. The van der Waals surface area contributed by atoms with E-state index in [0.29, 0.717) is 13.1 Å². The SMILES string of the molecule is CCNC(=O)C[NH+](CC)CC(=O)N[C@H](Cc1ccccc1)c1ccccc1. The number of likely N-dealkylation sites (N-methyl/N-ethyl adjacent to an activating group) is 2. The Kier molecular flexibility index (Phi) is 8.52. The summed E-state index contributed by atoms with van der Waals surface area (Å²) in [5.74, 6) is -0.0630. The minimum absolute atomic E-state index is 0.0222. The second kappa shape index (κ2) is 11.1. The van der Waals surface area contributed by atoms with Crippen molar-refractivity contribution in [3.05, 3.63) is 71.8 Å². The van der Waals surface area contributed by atoms with Crippen molar-refractivity contribution in [1.82, 2.24) is 10.6 Å². The van der Waals surface area contributed by atoms with Crippen molar-refractivity contribution in [2.75, 3.05) is 26.2 Å². The van der Waals surface area contributed by atoms with Gasteiger partial charge in [-0.25, -0.2) is 0 Å². The van der Waals surface area contributed by atoms with Crippen LogP contribution in [-0.4, -0.2) is 38.0 Å². The number of rotatable bonds is 10. The van der Waals surface area contributed by atoms with E-state index in [9.17, 15) is 9.59 Å². The summed E-state index contributed by atoms with van der Waals surface area (Å²) < 4.78 is 0. The van der Waals surface area contributed by atoms with Gasteiger partial charge in [-0.15, -0.1) is 0 Å². The molecule has 5 heteroatoms. The molecule has 0 spiro atoms. The number of carbonyl (C=O) groups excluding carboxylic acids is 2. The minimum atomic E-state index is -0.0938. The average molecular weight is 369 g/mol. The number of hydrogen-bond donors (Lipinski definition) is 3. The van der Waals surface area contributed by atoms with Crippen LogP contribution in [0.3, 0.4) is 0 Å². The van der Waals surface area contributed by atoms with Gasteiger partial charge in [0.25, 0.3) is 11.8 Å². The smallest absolute Gasteiger partial charge is 0.275 e. The fraction of sp³-hybridized carbons (Fsp3) is 0.364. The van der Waals surface area contributed by atoms with Gasteiger partial charge in [-0.05, 0) is 31.4 Å². The van der Waals surface area contributed by atoms with Gasteiger partial charge < -0.3 is 15.5 Å². The van der Waals surface area contributed by atoms with Crippen LogP contribution in [0.5, 0.6) is 0 Å². The van der Waals surface area contributed by atoms with E-state index in [1.165, 1.54) is 5.56 Å². The van der Waals surface area contributed by atoms with E-state index in [0.717, 1.165) is 23.4 Å². The van der Waals surface area contributed by atoms with Crippen LogP contribution in [0.25, 0.3) is 0 Å². The predicted octanol–water partition coefficient (Wildman–Crippen LogP) is 1.13. The summed E-state index contributed by atoms with van der Waals surface area (Å²) in [5, 5.41) is 5.95. The Balaban J connectivity index is 2.03. The van der Waals surface area contributed by atoms with Crippen LogP contribution in [0.1, 0.15) is 31.0 Å². The van der Waals surface area contributed by atoms with Gasteiger partial charge >= 0.3 is 0 Å². The fourth-order valence-corrected chi connectivity index (χ4v) is 3.06. The molecule has 0 heterocycles. The first-order valence-electron chi connectivity index (χ1n) is 9.60. The third-order valence-corrected chi connectivity index (χ3v) is 4.51. The molecule has 0 saturated heterocycles. The topological polar surface area (TPSA) is 62.6 Å². The summed E-state index contributed by atoms with van der Waals surface area (Å²) in [6, 6.07) is 20.1. The van der Waals surface area contributed by atoms with Crippen LogP contribution in [-0.2, 0) is 16.0 Å². The third kappa shape index (κ3) is 7.23. The first-order chi connectivity index (χ1) is 13.1. The number of benzene rings is 2. The zero-order valence-corrected chi connectivity index (χ0v) is 16.2. The van der Waals surface area contributed by atoms with Crippen molar-refractivity contribution in [3.8, 4) is 0 Å². The van der Waals surface area contributed by atoms with Crippen molar-refractivity contribution in [1.29, 1.82) is 0 Å². The van der Waals surface area contributed by atoms with Crippen LogP contribution in [0.2, 0.25) is 0 Å². The van der Waals surface area contributed by atoms with E-state index >= 15 is 0 Å². The van der Waals surface area contributed by atoms with Gasteiger partial charge in [-0.3, -0.25) is 9.59 Å². The number of nitrogens with one attached hydrogen (secondary N) is 3. The van der Waals surface area contributed by atoms with E-state index in [2.05, 4.69) is 22.8 Å². The number of amides is 2.